The summed E-state index contributed by atoms with van der Waals surface area (Å²) in [5.41, 5.74) is 3.72. The summed E-state index contributed by atoms with van der Waals surface area (Å²) < 4.78 is 35.7. The van der Waals surface area contributed by atoms with E-state index in [0.29, 0.717) is 31.4 Å². The van der Waals surface area contributed by atoms with Gasteiger partial charge in [0.05, 0.1) is 13.2 Å². The van der Waals surface area contributed by atoms with Gasteiger partial charge >= 0.3 is 0 Å². The molecule has 0 aliphatic carbocycles. The Hall–Kier alpha value is -1.89. The molecule has 0 saturated heterocycles. The van der Waals surface area contributed by atoms with Gasteiger partial charge in [0.25, 0.3) is 0 Å². The number of benzene rings is 2. The van der Waals surface area contributed by atoms with Gasteiger partial charge in [-0.15, -0.1) is 0 Å². The van der Waals surface area contributed by atoms with Crippen LogP contribution in [0.2, 0.25) is 0 Å². The fourth-order valence-electron chi connectivity index (χ4n) is 2.89. The highest BCUT2D eigenvalue weighted by Crippen LogP contribution is 2.21. The number of hydrogen-bond donors (Lipinski definition) is 1. The summed E-state index contributed by atoms with van der Waals surface area (Å²) in [4.78, 5) is 0. The van der Waals surface area contributed by atoms with Crippen LogP contribution in [0.4, 0.5) is 5.69 Å². The van der Waals surface area contributed by atoms with Crippen molar-refractivity contribution in [2.45, 2.75) is 40.2 Å². The first-order chi connectivity index (χ1) is 13.0. The number of rotatable bonds is 11. The molecule has 0 amide bonds. The standard InChI is InChI=1S/C21H29NO4S/c1-4-26-21-8-6-5-7-19(21)15-25-12-11-16(2)13-18-10-9-17(3)20(14-18)22-27(23)24/h5-10,14,16,22H,4,11-13,15H2,1-3H3,(H,23,24)/p-1/t16-/m0/s1. The Bertz CT molecular complexity index is 751. The molecule has 27 heavy (non-hydrogen) atoms. The molecular formula is C21H28NO4S-. The van der Waals surface area contributed by atoms with Gasteiger partial charge in [-0.1, -0.05) is 37.3 Å². The highest BCUT2D eigenvalue weighted by atomic mass is 32.2. The third-order valence-electron chi connectivity index (χ3n) is 4.36. The minimum atomic E-state index is -2.31. The van der Waals surface area contributed by atoms with Crippen LogP contribution >= 0.6 is 0 Å². The van der Waals surface area contributed by atoms with E-state index in [1.54, 1.807) is 0 Å². The molecule has 1 N–H and O–H groups in total. The maximum Gasteiger partial charge on any atom is 0.124 e. The lowest BCUT2D eigenvalue weighted by atomic mass is 9.97. The first-order valence-corrected chi connectivity index (χ1v) is 10.3. The summed E-state index contributed by atoms with van der Waals surface area (Å²) in [5.74, 6) is 1.31. The highest BCUT2D eigenvalue weighted by molar-refractivity contribution is 7.80. The number of nitrogens with one attached hydrogen (secondary N) is 1. The predicted molar refractivity (Wildman–Crippen MR) is 108 cm³/mol. The van der Waals surface area contributed by atoms with Gasteiger partial charge in [-0.25, -0.2) is 0 Å². The molecule has 148 valence electrons. The molecule has 2 atom stereocenters. The Kier molecular flexibility index (Phi) is 8.78. The average Bonchev–Trinajstić information content (AvgIpc) is 2.63. The summed E-state index contributed by atoms with van der Waals surface area (Å²) in [6.45, 7) is 7.88. The Morgan fingerprint density at radius 2 is 2.00 bits per heavy atom. The molecule has 0 radical (unpaired) electrons. The molecule has 2 rings (SSSR count). The smallest absolute Gasteiger partial charge is 0.124 e. The summed E-state index contributed by atoms with van der Waals surface area (Å²) in [6.07, 6.45) is 1.81. The third-order valence-corrected chi connectivity index (χ3v) is 4.75. The number of ether oxygens (including phenoxy) is 2. The Morgan fingerprint density at radius 3 is 2.74 bits per heavy atom. The van der Waals surface area contributed by atoms with Crippen molar-refractivity contribution in [3.8, 4) is 5.75 Å². The number of aryl methyl sites for hydroxylation is 1. The lowest BCUT2D eigenvalue weighted by Gasteiger charge is -2.16. The SMILES string of the molecule is CCOc1ccccc1COCC[C@H](C)Cc1ccc(C)c(NS(=O)[O-])c1. The molecule has 0 fully saturated rings. The molecule has 0 aliphatic rings. The maximum absolute atomic E-state index is 10.9. The lowest BCUT2D eigenvalue weighted by Crippen LogP contribution is -2.08. The third kappa shape index (κ3) is 7.33. The number of hydrogen-bond acceptors (Lipinski definition) is 4. The van der Waals surface area contributed by atoms with E-state index in [1.807, 2.05) is 56.3 Å². The normalized spacial score (nSPS) is 13.2. The zero-order valence-electron chi connectivity index (χ0n) is 16.2. The van der Waals surface area contributed by atoms with Crippen molar-refractivity contribution in [3.05, 3.63) is 59.2 Å². The molecule has 0 saturated carbocycles. The van der Waals surface area contributed by atoms with Crippen LogP contribution in [-0.4, -0.2) is 22.0 Å². The second-order valence-corrected chi connectivity index (χ2v) is 7.35. The molecular weight excluding hydrogens is 362 g/mol. The minimum absolute atomic E-state index is 0.431. The first-order valence-electron chi connectivity index (χ1n) is 9.23. The highest BCUT2D eigenvalue weighted by Gasteiger charge is 2.08. The van der Waals surface area contributed by atoms with Gasteiger partial charge in [-0.05, 0) is 55.9 Å². The van der Waals surface area contributed by atoms with Crippen molar-refractivity contribution in [2.24, 2.45) is 5.92 Å². The van der Waals surface area contributed by atoms with Crippen molar-refractivity contribution in [3.63, 3.8) is 0 Å². The van der Waals surface area contributed by atoms with Gasteiger partial charge in [-0.2, -0.15) is 0 Å². The van der Waals surface area contributed by atoms with Crippen LogP contribution in [0, 0.1) is 12.8 Å². The fraction of sp³-hybridized carbons (Fsp3) is 0.429. The van der Waals surface area contributed by atoms with Crippen LogP contribution in [0.1, 0.15) is 37.0 Å². The zero-order chi connectivity index (χ0) is 19.6. The van der Waals surface area contributed by atoms with E-state index in [1.165, 1.54) is 0 Å². The van der Waals surface area contributed by atoms with Crippen LogP contribution in [-0.2, 0) is 29.0 Å². The first kappa shape index (κ1) is 21.4. The Morgan fingerprint density at radius 1 is 1.22 bits per heavy atom. The number of para-hydroxylation sites is 1. The average molecular weight is 391 g/mol. The molecule has 2 aromatic rings. The van der Waals surface area contributed by atoms with E-state index in [4.69, 9.17) is 9.47 Å². The van der Waals surface area contributed by atoms with Gasteiger partial charge in [-0.3, -0.25) is 4.21 Å². The Labute approximate surface area is 164 Å². The van der Waals surface area contributed by atoms with Crippen LogP contribution in [0.15, 0.2) is 42.5 Å². The van der Waals surface area contributed by atoms with Gasteiger partial charge in [0.1, 0.15) is 5.75 Å². The lowest BCUT2D eigenvalue weighted by molar-refractivity contribution is 0.107. The summed E-state index contributed by atoms with van der Waals surface area (Å²) >= 11 is -2.31. The maximum atomic E-state index is 10.9. The quantitative estimate of drug-likeness (QED) is 0.456. The molecule has 0 spiro atoms. The molecule has 2 aromatic carbocycles. The molecule has 0 aromatic heterocycles. The van der Waals surface area contributed by atoms with Gasteiger partial charge < -0.3 is 18.7 Å². The summed E-state index contributed by atoms with van der Waals surface area (Å²) in [5, 5.41) is 0. The van der Waals surface area contributed by atoms with Gasteiger partial charge in [0, 0.05) is 29.1 Å². The zero-order valence-corrected chi connectivity index (χ0v) is 17.0. The second kappa shape index (κ2) is 11.1. The van der Waals surface area contributed by atoms with Gasteiger partial charge in [0.2, 0.25) is 0 Å². The van der Waals surface area contributed by atoms with Crippen LogP contribution in [0.5, 0.6) is 5.75 Å². The molecule has 6 heteroatoms. The van der Waals surface area contributed by atoms with E-state index in [2.05, 4.69) is 11.6 Å². The van der Waals surface area contributed by atoms with E-state index in [9.17, 15) is 8.76 Å². The van der Waals surface area contributed by atoms with Gasteiger partial charge in [0.15, 0.2) is 0 Å². The van der Waals surface area contributed by atoms with Crippen LogP contribution in [0.25, 0.3) is 0 Å². The van der Waals surface area contributed by atoms with E-state index in [-0.39, 0.29) is 0 Å². The molecule has 0 bridgehead atoms. The molecule has 0 aliphatic heterocycles. The van der Waals surface area contributed by atoms with Crippen molar-refractivity contribution in [2.75, 3.05) is 17.9 Å². The van der Waals surface area contributed by atoms with Crippen LogP contribution < -0.4 is 9.46 Å². The Balaban J connectivity index is 1.80. The summed E-state index contributed by atoms with van der Waals surface area (Å²) in [7, 11) is 0. The van der Waals surface area contributed by atoms with E-state index < -0.39 is 11.3 Å². The van der Waals surface area contributed by atoms with E-state index >= 15 is 0 Å². The summed E-state index contributed by atoms with van der Waals surface area (Å²) in [6, 6.07) is 13.8. The largest absolute Gasteiger partial charge is 0.755 e. The van der Waals surface area contributed by atoms with Crippen molar-refractivity contribution < 1.29 is 18.2 Å². The number of anilines is 1. The molecule has 1 unspecified atom stereocenters. The minimum Gasteiger partial charge on any atom is -0.755 e. The monoisotopic (exact) mass is 390 g/mol. The topological polar surface area (TPSA) is 70.6 Å². The second-order valence-electron chi connectivity index (χ2n) is 6.68. The van der Waals surface area contributed by atoms with Crippen molar-refractivity contribution in [1.29, 1.82) is 0 Å². The molecule has 0 heterocycles. The fourth-order valence-corrected chi connectivity index (χ4v) is 3.29. The molecule has 5 nitrogen and oxygen atoms in total. The van der Waals surface area contributed by atoms with E-state index in [0.717, 1.165) is 35.3 Å². The predicted octanol–water partition coefficient (Wildman–Crippen LogP) is 4.39. The van der Waals surface area contributed by atoms with Crippen LogP contribution in [0.3, 0.4) is 0 Å². The van der Waals surface area contributed by atoms with Crippen molar-refractivity contribution in [1.82, 2.24) is 0 Å². The van der Waals surface area contributed by atoms with Crippen molar-refractivity contribution >= 4 is 17.0 Å².